The molecule has 1 aromatic carbocycles. The smallest absolute Gasteiger partial charge is 0.347 e. The number of rotatable bonds is 3. The van der Waals surface area contributed by atoms with Crippen LogP contribution >= 0.6 is 11.3 Å². The third-order valence-corrected chi connectivity index (χ3v) is 3.01. The summed E-state index contributed by atoms with van der Waals surface area (Å²) in [5.74, 6) is -1.36. The molecule has 0 aliphatic heterocycles. The van der Waals surface area contributed by atoms with Crippen molar-refractivity contribution in [2.24, 2.45) is 0 Å². The molecule has 0 aliphatic carbocycles. The largest absolute Gasteiger partial charge is 0.477 e. The molecule has 82 valence electrons. The van der Waals surface area contributed by atoms with Gasteiger partial charge in [0, 0.05) is 6.42 Å². The predicted octanol–water partition coefficient (Wildman–Crippen LogP) is 2.57. The van der Waals surface area contributed by atoms with Crippen molar-refractivity contribution in [2.75, 3.05) is 0 Å². The second-order valence-corrected chi connectivity index (χ2v) is 4.06. The van der Waals surface area contributed by atoms with E-state index in [4.69, 9.17) is 5.11 Å². The summed E-state index contributed by atoms with van der Waals surface area (Å²) in [6, 6.07) is 6.28. The number of hydrogen-bond donors (Lipinski definition) is 1. The van der Waals surface area contributed by atoms with E-state index in [1.165, 1.54) is 11.6 Å². The molecule has 0 amide bonds. The average Bonchev–Trinajstić information content (AvgIpc) is 2.69. The molecule has 1 aromatic heterocycles. The van der Waals surface area contributed by atoms with Crippen molar-refractivity contribution in [2.45, 2.75) is 6.42 Å². The van der Waals surface area contributed by atoms with Gasteiger partial charge in [0.1, 0.15) is 10.7 Å². The molecule has 16 heavy (non-hydrogen) atoms. The predicted molar refractivity (Wildman–Crippen MR) is 58.3 cm³/mol. The highest BCUT2D eigenvalue weighted by Crippen LogP contribution is 2.18. The summed E-state index contributed by atoms with van der Waals surface area (Å²) in [4.78, 5) is 14.9. The molecule has 0 atom stereocenters. The summed E-state index contributed by atoms with van der Waals surface area (Å²) in [5.41, 5.74) is 2.32. The van der Waals surface area contributed by atoms with Crippen molar-refractivity contribution >= 4 is 17.3 Å². The molecule has 0 radical (unpaired) electrons. The maximum Gasteiger partial charge on any atom is 0.347 e. The second-order valence-electron chi connectivity index (χ2n) is 3.20. The number of aromatic carboxylic acids is 1. The number of nitrogens with zero attached hydrogens (tertiary/aromatic N) is 1. The van der Waals surface area contributed by atoms with Crippen molar-refractivity contribution in [3.8, 4) is 0 Å². The minimum Gasteiger partial charge on any atom is -0.477 e. The maximum atomic E-state index is 13.3. The number of halogens is 1. The monoisotopic (exact) mass is 237 g/mol. The zero-order chi connectivity index (χ0) is 11.5. The lowest BCUT2D eigenvalue weighted by Gasteiger charge is -2.01. The minimum absolute atomic E-state index is 0.170. The van der Waals surface area contributed by atoms with Crippen LogP contribution in [0.4, 0.5) is 4.39 Å². The van der Waals surface area contributed by atoms with E-state index in [9.17, 15) is 9.18 Å². The Bertz CT molecular complexity index is 524. The highest BCUT2D eigenvalue weighted by molar-refractivity contribution is 7.11. The maximum absolute atomic E-state index is 13.3. The first-order valence-corrected chi connectivity index (χ1v) is 5.45. The Morgan fingerprint density at radius 2 is 2.19 bits per heavy atom. The van der Waals surface area contributed by atoms with Crippen LogP contribution in [-0.2, 0) is 6.42 Å². The van der Waals surface area contributed by atoms with Crippen molar-refractivity contribution < 1.29 is 14.3 Å². The molecule has 1 N–H and O–H groups in total. The molecule has 3 nitrogen and oxygen atoms in total. The van der Waals surface area contributed by atoms with Crippen LogP contribution < -0.4 is 0 Å². The van der Waals surface area contributed by atoms with Gasteiger partial charge in [0.25, 0.3) is 0 Å². The lowest BCUT2D eigenvalue weighted by atomic mass is 10.1. The number of carboxylic acids is 1. The van der Waals surface area contributed by atoms with Crippen LogP contribution in [0.1, 0.15) is 20.9 Å². The van der Waals surface area contributed by atoms with Crippen LogP contribution in [-0.4, -0.2) is 16.1 Å². The second kappa shape index (κ2) is 4.40. The molecular formula is C11H8FNO2S. The van der Waals surface area contributed by atoms with Gasteiger partial charge >= 0.3 is 5.97 Å². The van der Waals surface area contributed by atoms with Gasteiger partial charge in [-0.25, -0.2) is 14.2 Å². The molecule has 0 bridgehead atoms. The van der Waals surface area contributed by atoms with Gasteiger partial charge in [-0.05, 0) is 11.6 Å². The summed E-state index contributed by atoms with van der Waals surface area (Å²) >= 11 is 1.05. The highest BCUT2D eigenvalue weighted by atomic mass is 32.1. The van der Waals surface area contributed by atoms with Gasteiger partial charge in [-0.3, -0.25) is 0 Å². The lowest BCUT2D eigenvalue weighted by Crippen LogP contribution is -2.01. The van der Waals surface area contributed by atoms with Crippen molar-refractivity contribution in [1.29, 1.82) is 0 Å². The van der Waals surface area contributed by atoms with E-state index in [0.717, 1.165) is 11.3 Å². The number of carboxylic acid groups (broad SMARTS) is 1. The third kappa shape index (κ3) is 2.09. The van der Waals surface area contributed by atoms with Crippen LogP contribution in [0.5, 0.6) is 0 Å². The molecule has 1 heterocycles. The normalized spacial score (nSPS) is 10.3. The third-order valence-electron chi connectivity index (χ3n) is 2.15. The average molecular weight is 237 g/mol. The quantitative estimate of drug-likeness (QED) is 0.892. The molecule has 0 unspecified atom stereocenters. The molecule has 0 fully saturated rings. The summed E-state index contributed by atoms with van der Waals surface area (Å²) in [6.07, 6.45) is 0.206. The van der Waals surface area contributed by atoms with E-state index in [1.807, 2.05) is 0 Å². The number of carbonyl (C=O) groups is 1. The van der Waals surface area contributed by atoms with Crippen LogP contribution in [0, 0.1) is 5.82 Å². The first-order valence-electron chi connectivity index (χ1n) is 4.57. The van der Waals surface area contributed by atoms with E-state index in [-0.39, 0.29) is 17.1 Å². The van der Waals surface area contributed by atoms with Gasteiger partial charge in [0.05, 0.1) is 11.2 Å². The number of hydrogen-bond acceptors (Lipinski definition) is 3. The Morgan fingerprint density at radius 1 is 1.44 bits per heavy atom. The van der Waals surface area contributed by atoms with Crippen LogP contribution in [0.3, 0.4) is 0 Å². The summed E-state index contributed by atoms with van der Waals surface area (Å²) in [7, 11) is 0. The van der Waals surface area contributed by atoms with Crippen LogP contribution in [0.15, 0.2) is 29.8 Å². The fourth-order valence-electron chi connectivity index (χ4n) is 1.39. The molecule has 0 spiro atoms. The van der Waals surface area contributed by atoms with Crippen molar-refractivity contribution in [3.05, 3.63) is 51.7 Å². The van der Waals surface area contributed by atoms with E-state index in [1.54, 1.807) is 18.2 Å². The van der Waals surface area contributed by atoms with Gasteiger partial charge in [-0.15, -0.1) is 11.3 Å². The minimum atomic E-state index is -1.02. The van der Waals surface area contributed by atoms with E-state index in [2.05, 4.69) is 4.98 Å². The Labute approximate surface area is 95.2 Å². The molecule has 2 rings (SSSR count). The number of aromatic nitrogens is 1. The summed E-state index contributed by atoms with van der Waals surface area (Å²) in [5, 5.41) is 8.88. The SMILES string of the molecule is O=C(O)c1scnc1Cc1ccccc1F. The molecule has 0 saturated heterocycles. The molecule has 0 saturated carbocycles. The highest BCUT2D eigenvalue weighted by Gasteiger charge is 2.14. The molecule has 2 aromatic rings. The van der Waals surface area contributed by atoms with E-state index < -0.39 is 5.97 Å². The van der Waals surface area contributed by atoms with Crippen LogP contribution in [0.25, 0.3) is 0 Å². The first-order chi connectivity index (χ1) is 7.68. The molecule has 0 aliphatic rings. The number of thiazole rings is 1. The Balaban J connectivity index is 2.31. The fraction of sp³-hybridized carbons (Fsp3) is 0.0909. The van der Waals surface area contributed by atoms with Gasteiger partial charge in [0.2, 0.25) is 0 Å². The fourth-order valence-corrected chi connectivity index (χ4v) is 2.04. The molecule has 5 heteroatoms. The zero-order valence-electron chi connectivity index (χ0n) is 8.18. The zero-order valence-corrected chi connectivity index (χ0v) is 9.00. The topological polar surface area (TPSA) is 50.2 Å². The number of benzene rings is 1. The lowest BCUT2D eigenvalue weighted by molar-refractivity contribution is 0.0701. The standard InChI is InChI=1S/C11H8FNO2S/c12-8-4-2-1-3-7(8)5-9-10(11(14)15)16-6-13-9/h1-4,6H,5H2,(H,14,15). The van der Waals surface area contributed by atoms with Gasteiger partial charge < -0.3 is 5.11 Å². The Kier molecular flexibility index (Phi) is 2.96. The van der Waals surface area contributed by atoms with Crippen LogP contribution in [0.2, 0.25) is 0 Å². The van der Waals surface area contributed by atoms with E-state index in [0.29, 0.717) is 11.3 Å². The van der Waals surface area contributed by atoms with Gasteiger partial charge in [0.15, 0.2) is 0 Å². The van der Waals surface area contributed by atoms with Gasteiger partial charge in [-0.1, -0.05) is 18.2 Å². The van der Waals surface area contributed by atoms with Crippen molar-refractivity contribution in [1.82, 2.24) is 4.98 Å². The van der Waals surface area contributed by atoms with E-state index >= 15 is 0 Å². The van der Waals surface area contributed by atoms with Crippen molar-refractivity contribution in [3.63, 3.8) is 0 Å². The summed E-state index contributed by atoms with van der Waals surface area (Å²) in [6.45, 7) is 0. The van der Waals surface area contributed by atoms with Gasteiger partial charge in [-0.2, -0.15) is 0 Å². The Morgan fingerprint density at radius 3 is 2.88 bits per heavy atom. The Hall–Kier alpha value is -1.75. The summed E-state index contributed by atoms with van der Waals surface area (Å²) < 4.78 is 13.3. The first kappa shape index (κ1) is 10.8. The molecular weight excluding hydrogens is 229 g/mol.